The highest BCUT2D eigenvalue weighted by Gasteiger charge is 2.31. The van der Waals surface area contributed by atoms with E-state index < -0.39 is 10.0 Å². The van der Waals surface area contributed by atoms with E-state index in [2.05, 4.69) is 4.40 Å². The van der Waals surface area contributed by atoms with E-state index in [9.17, 15) is 12.8 Å². The molecule has 2 aromatic rings. The molecule has 0 atom stereocenters. The largest absolute Gasteiger partial charge is 0.399 e. The number of rotatable bonds is 2. The van der Waals surface area contributed by atoms with Crippen molar-refractivity contribution in [2.45, 2.75) is 18.2 Å². The second-order valence-electron chi connectivity index (χ2n) is 4.88. The van der Waals surface area contributed by atoms with Crippen molar-refractivity contribution in [1.82, 2.24) is 0 Å². The molecule has 0 radical (unpaired) electrons. The van der Waals surface area contributed by atoms with Crippen molar-refractivity contribution < 1.29 is 12.8 Å². The Labute approximate surface area is 127 Å². The van der Waals surface area contributed by atoms with Crippen LogP contribution in [0.5, 0.6) is 0 Å². The zero-order chi connectivity index (χ0) is 15.9. The van der Waals surface area contributed by atoms with Gasteiger partial charge < -0.3 is 5.73 Å². The van der Waals surface area contributed by atoms with E-state index in [1.165, 1.54) is 18.2 Å². The van der Waals surface area contributed by atoms with E-state index in [0.717, 1.165) is 0 Å². The third-order valence-electron chi connectivity index (χ3n) is 3.39. The fraction of sp³-hybridized carbons (Fsp3) is 0.133. The van der Waals surface area contributed by atoms with Crippen molar-refractivity contribution in [3.8, 4) is 0 Å². The van der Waals surface area contributed by atoms with Crippen LogP contribution < -0.4 is 10.6 Å². The van der Waals surface area contributed by atoms with Crippen LogP contribution in [0.15, 0.2) is 51.8 Å². The van der Waals surface area contributed by atoms with Crippen LogP contribution in [0, 0.1) is 5.82 Å². The van der Waals surface area contributed by atoms with E-state index in [0.29, 0.717) is 29.3 Å². The van der Waals surface area contributed by atoms with E-state index in [1.807, 2.05) is 6.92 Å². The molecule has 7 heteroatoms. The molecule has 0 aromatic heterocycles. The fourth-order valence-electron chi connectivity index (χ4n) is 2.39. The van der Waals surface area contributed by atoms with Crippen molar-refractivity contribution in [2.75, 3.05) is 10.6 Å². The number of halogens is 1. The average molecular weight is 319 g/mol. The summed E-state index contributed by atoms with van der Waals surface area (Å²) in [5, 5.41) is 0. The van der Waals surface area contributed by atoms with Crippen LogP contribution >= 0.6 is 0 Å². The van der Waals surface area contributed by atoms with Crippen LogP contribution in [-0.4, -0.2) is 14.3 Å². The Bertz CT molecular complexity index is 861. The van der Waals surface area contributed by atoms with E-state index in [-0.39, 0.29) is 10.7 Å². The number of amidine groups is 1. The number of benzene rings is 2. The minimum Gasteiger partial charge on any atom is -0.399 e. The fourth-order valence-corrected chi connectivity index (χ4v) is 3.69. The summed E-state index contributed by atoms with van der Waals surface area (Å²) in [6.07, 6.45) is 0.417. The van der Waals surface area contributed by atoms with E-state index >= 15 is 0 Å². The van der Waals surface area contributed by atoms with Crippen molar-refractivity contribution >= 4 is 32.9 Å². The maximum absolute atomic E-state index is 13.1. The average Bonchev–Trinajstić information content (AvgIpc) is 2.48. The molecule has 1 aliphatic rings. The first-order chi connectivity index (χ1) is 10.4. The zero-order valence-corrected chi connectivity index (χ0v) is 12.6. The Morgan fingerprint density at radius 1 is 1.18 bits per heavy atom. The SMILES string of the molecule is CCC1=NS(=O)(=O)c2cc(N)ccc2N1c1ccc(F)cc1. The summed E-state index contributed by atoms with van der Waals surface area (Å²) < 4.78 is 41.6. The summed E-state index contributed by atoms with van der Waals surface area (Å²) in [6, 6.07) is 10.5. The Hall–Kier alpha value is -2.41. The van der Waals surface area contributed by atoms with E-state index in [1.54, 1.807) is 29.2 Å². The number of nitrogens with zero attached hydrogens (tertiary/aromatic N) is 2. The Balaban J connectivity index is 2.27. The molecule has 0 spiro atoms. The van der Waals surface area contributed by atoms with Gasteiger partial charge in [-0.3, -0.25) is 4.90 Å². The van der Waals surface area contributed by atoms with Crippen LogP contribution in [0.3, 0.4) is 0 Å². The minimum atomic E-state index is -3.78. The second kappa shape index (κ2) is 5.10. The van der Waals surface area contributed by atoms with Crippen LogP contribution in [0.2, 0.25) is 0 Å². The van der Waals surface area contributed by atoms with Gasteiger partial charge in [0.15, 0.2) is 0 Å². The van der Waals surface area contributed by atoms with Crippen molar-refractivity contribution in [3.05, 3.63) is 48.3 Å². The number of sulfonamides is 1. The molecule has 1 heterocycles. The molecule has 3 rings (SSSR count). The molecule has 2 aromatic carbocycles. The normalized spacial score (nSPS) is 16.1. The molecule has 2 N–H and O–H groups in total. The number of hydrogen-bond acceptors (Lipinski definition) is 4. The first kappa shape index (κ1) is 14.5. The van der Waals surface area contributed by atoms with Gasteiger partial charge in [0.25, 0.3) is 10.0 Å². The van der Waals surface area contributed by atoms with Gasteiger partial charge in [-0.1, -0.05) is 6.92 Å². The first-order valence-electron chi connectivity index (χ1n) is 6.71. The molecule has 0 saturated heterocycles. The van der Waals surface area contributed by atoms with Crippen molar-refractivity contribution in [2.24, 2.45) is 4.40 Å². The van der Waals surface area contributed by atoms with Crippen LogP contribution in [0.4, 0.5) is 21.5 Å². The summed E-state index contributed by atoms with van der Waals surface area (Å²) in [5.74, 6) is 0.0183. The minimum absolute atomic E-state index is 0.0500. The summed E-state index contributed by atoms with van der Waals surface area (Å²) >= 11 is 0. The number of nitrogens with two attached hydrogens (primary N) is 1. The lowest BCUT2D eigenvalue weighted by atomic mass is 10.2. The first-order valence-corrected chi connectivity index (χ1v) is 8.15. The highest BCUT2D eigenvalue weighted by atomic mass is 32.2. The Kier molecular flexibility index (Phi) is 3.37. The van der Waals surface area contributed by atoms with Crippen molar-refractivity contribution in [1.29, 1.82) is 0 Å². The third-order valence-corrected chi connectivity index (χ3v) is 4.72. The number of anilines is 3. The Morgan fingerprint density at radius 2 is 1.86 bits per heavy atom. The quantitative estimate of drug-likeness (QED) is 0.863. The van der Waals surface area contributed by atoms with Crippen LogP contribution in [0.1, 0.15) is 13.3 Å². The molecule has 0 aliphatic carbocycles. The van der Waals surface area contributed by atoms with Gasteiger partial charge >= 0.3 is 0 Å². The molecular weight excluding hydrogens is 305 g/mol. The van der Waals surface area contributed by atoms with Gasteiger partial charge in [-0.25, -0.2) is 4.39 Å². The van der Waals surface area contributed by atoms with Gasteiger partial charge in [-0.2, -0.15) is 8.42 Å². The molecule has 5 nitrogen and oxygen atoms in total. The Morgan fingerprint density at radius 3 is 2.50 bits per heavy atom. The van der Waals surface area contributed by atoms with Gasteiger partial charge in [0.1, 0.15) is 16.5 Å². The lowest BCUT2D eigenvalue weighted by Crippen LogP contribution is -2.31. The van der Waals surface area contributed by atoms with E-state index in [4.69, 9.17) is 5.73 Å². The monoisotopic (exact) mass is 319 g/mol. The number of nitrogen functional groups attached to an aromatic ring is 1. The van der Waals surface area contributed by atoms with Gasteiger partial charge in [0.05, 0.1) is 5.69 Å². The molecule has 0 bridgehead atoms. The summed E-state index contributed by atoms with van der Waals surface area (Å²) in [6.45, 7) is 1.81. The predicted molar refractivity (Wildman–Crippen MR) is 84.3 cm³/mol. The van der Waals surface area contributed by atoms with Crippen LogP contribution in [-0.2, 0) is 10.0 Å². The second-order valence-corrected chi connectivity index (χ2v) is 6.45. The molecular formula is C15H14FN3O2S. The zero-order valence-electron chi connectivity index (χ0n) is 11.8. The highest BCUT2D eigenvalue weighted by Crippen LogP contribution is 2.38. The summed E-state index contributed by atoms with van der Waals surface area (Å²) in [7, 11) is -3.78. The summed E-state index contributed by atoms with van der Waals surface area (Å²) in [4.78, 5) is 1.75. The molecule has 1 aliphatic heterocycles. The smallest absolute Gasteiger partial charge is 0.286 e. The standard InChI is InChI=1S/C15H14FN3O2S/c1-2-15-18-22(20,21)14-9-11(17)5-8-13(14)19(15)12-6-3-10(16)4-7-12/h3-9H,2,17H2,1H3. The van der Waals surface area contributed by atoms with Crippen LogP contribution in [0.25, 0.3) is 0 Å². The van der Waals surface area contributed by atoms with Gasteiger partial charge in [-0.15, -0.1) is 4.40 Å². The maximum atomic E-state index is 13.1. The number of hydrogen-bond donors (Lipinski definition) is 1. The lowest BCUT2D eigenvalue weighted by Gasteiger charge is -2.30. The lowest BCUT2D eigenvalue weighted by molar-refractivity contribution is 0.597. The molecule has 114 valence electrons. The van der Waals surface area contributed by atoms with Crippen molar-refractivity contribution in [3.63, 3.8) is 0 Å². The van der Waals surface area contributed by atoms with Gasteiger partial charge in [0, 0.05) is 17.8 Å². The predicted octanol–water partition coefficient (Wildman–Crippen LogP) is 3.06. The molecule has 0 fully saturated rings. The molecule has 0 unspecified atom stereocenters. The van der Waals surface area contributed by atoms with Gasteiger partial charge in [0.2, 0.25) is 0 Å². The topological polar surface area (TPSA) is 75.8 Å². The third kappa shape index (κ3) is 2.33. The molecule has 22 heavy (non-hydrogen) atoms. The van der Waals surface area contributed by atoms with Gasteiger partial charge in [-0.05, 0) is 42.5 Å². The highest BCUT2D eigenvalue weighted by molar-refractivity contribution is 7.90. The number of fused-ring (bicyclic) bond motifs is 1. The molecule has 0 saturated carbocycles. The maximum Gasteiger partial charge on any atom is 0.286 e. The molecule has 0 amide bonds. The summed E-state index contributed by atoms with van der Waals surface area (Å²) in [5.41, 5.74) is 7.14.